The van der Waals surface area contributed by atoms with Gasteiger partial charge >= 0.3 is 0 Å². The third-order valence-electron chi connectivity index (χ3n) is 5.00. The zero-order chi connectivity index (χ0) is 18.4. The van der Waals surface area contributed by atoms with Crippen molar-refractivity contribution in [2.75, 3.05) is 26.2 Å². The van der Waals surface area contributed by atoms with E-state index < -0.39 is 0 Å². The fourth-order valence-electron chi connectivity index (χ4n) is 3.27. The molecule has 0 aliphatic carbocycles. The maximum absolute atomic E-state index is 13.8. The van der Waals surface area contributed by atoms with Gasteiger partial charge in [0.2, 0.25) is 5.91 Å². The molecule has 4 nitrogen and oxygen atoms in total. The van der Waals surface area contributed by atoms with Gasteiger partial charge in [0.05, 0.1) is 6.04 Å². The fourth-order valence-corrected chi connectivity index (χ4v) is 3.27. The lowest BCUT2D eigenvalue weighted by atomic mass is 10.1. The molecule has 2 aromatic carbocycles. The summed E-state index contributed by atoms with van der Waals surface area (Å²) in [7, 11) is 0. The van der Waals surface area contributed by atoms with Crippen molar-refractivity contribution in [1.82, 2.24) is 15.1 Å². The highest BCUT2D eigenvalue weighted by Crippen LogP contribution is 2.13. The van der Waals surface area contributed by atoms with Crippen molar-refractivity contribution >= 4 is 5.91 Å². The average Bonchev–Trinajstić information content (AvgIpc) is 2.69. The van der Waals surface area contributed by atoms with Crippen LogP contribution in [0.4, 0.5) is 4.39 Å². The number of piperazine rings is 1. The van der Waals surface area contributed by atoms with Crippen LogP contribution in [-0.2, 0) is 17.9 Å². The fraction of sp³-hybridized carbons (Fsp3) is 0.381. The Labute approximate surface area is 154 Å². The van der Waals surface area contributed by atoms with Crippen LogP contribution in [-0.4, -0.2) is 47.9 Å². The Balaban J connectivity index is 1.45. The standard InChI is InChI=1S/C21H26FN3O/c1-17(21(26)23-15-18-7-3-2-4-8-18)25-13-11-24(12-14-25)16-19-9-5-6-10-20(19)22/h2-10,17H,11-16H2,1H3,(H,23,26)/t17-/m0/s1. The molecule has 138 valence electrons. The SMILES string of the molecule is C[C@@H](C(=O)NCc1ccccc1)N1CCN(Cc2ccccc2F)CC1. The number of nitrogens with one attached hydrogen (secondary N) is 1. The molecule has 1 amide bonds. The lowest BCUT2D eigenvalue weighted by Gasteiger charge is -2.37. The zero-order valence-electron chi connectivity index (χ0n) is 15.2. The predicted molar refractivity (Wildman–Crippen MR) is 101 cm³/mol. The summed E-state index contributed by atoms with van der Waals surface area (Å²) in [6.07, 6.45) is 0. The molecule has 0 saturated carbocycles. The zero-order valence-corrected chi connectivity index (χ0v) is 15.2. The van der Waals surface area contributed by atoms with E-state index in [0.29, 0.717) is 13.1 Å². The number of benzene rings is 2. The highest BCUT2D eigenvalue weighted by molar-refractivity contribution is 5.81. The molecule has 3 rings (SSSR count). The lowest BCUT2D eigenvalue weighted by Crippen LogP contribution is -2.53. The second kappa shape index (κ2) is 8.92. The molecule has 5 heteroatoms. The van der Waals surface area contributed by atoms with Gasteiger partial charge in [-0.2, -0.15) is 0 Å². The average molecular weight is 355 g/mol. The number of nitrogens with zero attached hydrogens (tertiary/aromatic N) is 2. The maximum atomic E-state index is 13.8. The summed E-state index contributed by atoms with van der Waals surface area (Å²) in [5, 5.41) is 3.01. The van der Waals surface area contributed by atoms with E-state index >= 15 is 0 Å². The van der Waals surface area contributed by atoms with Crippen molar-refractivity contribution in [2.45, 2.75) is 26.1 Å². The van der Waals surface area contributed by atoms with E-state index in [9.17, 15) is 9.18 Å². The summed E-state index contributed by atoms with van der Waals surface area (Å²) < 4.78 is 13.8. The Bertz CT molecular complexity index is 714. The number of carbonyl (C=O) groups excluding carboxylic acids is 1. The van der Waals surface area contributed by atoms with Gasteiger partial charge in [0.15, 0.2) is 0 Å². The Morgan fingerprint density at radius 3 is 2.38 bits per heavy atom. The van der Waals surface area contributed by atoms with E-state index in [4.69, 9.17) is 0 Å². The molecule has 0 unspecified atom stereocenters. The van der Waals surface area contributed by atoms with Gasteiger partial charge in [-0.3, -0.25) is 14.6 Å². The van der Waals surface area contributed by atoms with Gasteiger partial charge in [0.25, 0.3) is 0 Å². The van der Waals surface area contributed by atoms with Crippen molar-refractivity contribution in [3.63, 3.8) is 0 Å². The van der Waals surface area contributed by atoms with E-state index in [1.807, 2.05) is 49.4 Å². The quantitative estimate of drug-likeness (QED) is 0.865. The largest absolute Gasteiger partial charge is 0.351 e. The minimum Gasteiger partial charge on any atom is -0.351 e. The molecule has 1 aliphatic heterocycles. The molecule has 2 aromatic rings. The topological polar surface area (TPSA) is 35.6 Å². The second-order valence-corrected chi connectivity index (χ2v) is 6.78. The van der Waals surface area contributed by atoms with Gasteiger partial charge in [-0.15, -0.1) is 0 Å². The molecule has 0 bridgehead atoms. The number of hydrogen-bond donors (Lipinski definition) is 1. The Hall–Kier alpha value is -2.24. The van der Waals surface area contributed by atoms with Gasteiger partial charge in [-0.25, -0.2) is 4.39 Å². The summed E-state index contributed by atoms with van der Waals surface area (Å²) in [5.74, 6) is -0.0972. The Morgan fingerprint density at radius 1 is 1.04 bits per heavy atom. The summed E-state index contributed by atoms with van der Waals surface area (Å²) in [6.45, 7) is 6.43. The molecular weight excluding hydrogens is 329 g/mol. The molecule has 1 saturated heterocycles. The number of carbonyl (C=O) groups is 1. The van der Waals surface area contributed by atoms with Crippen molar-refractivity contribution in [1.29, 1.82) is 0 Å². The van der Waals surface area contributed by atoms with Crippen LogP contribution in [0.2, 0.25) is 0 Å². The number of amides is 1. The smallest absolute Gasteiger partial charge is 0.237 e. The van der Waals surface area contributed by atoms with Crippen molar-refractivity contribution in [2.24, 2.45) is 0 Å². The van der Waals surface area contributed by atoms with Crippen molar-refractivity contribution in [3.05, 3.63) is 71.5 Å². The van der Waals surface area contributed by atoms with E-state index in [-0.39, 0.29) is 17.8 Å². The van der Waals surface area contributed by atoms with E-state index in [1.54, 1.807) is 6.07 Å². The van der Waals surface area contributed by atoms with Gasteiger partial charge in [0, 0.05) is 44.8 Å². The van der Waals surface area contributed by atoms with Crippen LogP contribution in [0.15, 0.2) is 54.6 Å². The first-order valence-electron chi connectivity index (χ1n) is 9.15. The highest BCUT2D eigenvalue weighted by Gasteiger charge is 2.25. The van der Waals surface area contributed by atoms with Crippen LogP contribution in [0.1, 0.15) is 18.1 Å². The van der Waals surface area contributed by atoms with Gasteiger partial charge in [-0.1, -0.05) is 48.5 Å². The van der Waals surface area contributed by atoms with Gasteiger partial charge < -0.3 is 5.32 Å². The van der Waals surface area contributed by atoms with Crippen LogP contribution >= 0.6 is 0 Å². The molecule has 1 fully saturated rings. The third kappa shape index (κ3) is 4.90. The molecule has 1 atom stereocenters. The first-order valence-corrected chi connectivity index (χ1v) is 9.15. The van der Waals surface area contributed by atoms with Gasteiger partial charge in [-0.05, 0) is 18.6 Å². The summed E-state index contributed by atoms with van der Waals surface area (Å²) in [5.41, 5.74) is 1.83. The van der Waals surface area contributed by atoms with Crippen LogP contribution in [0.3, 0.4) is 0 Å². The van der Waals surface area contributed by atoms with E-state index in [2.05, 4.69) is 15.1 Å². The van der Waals surface area contributed by atoms with Gasteiger partial charge in [0.1, 0.15) is 5.82 Å². The Morgan fingerprint density at radius 2 is 1.69 bits per heavy atom. The second-order valence-electron chi connectivity index (χ2n) is 6.78. The van der Waals surface area contributed by atoms with Crippen LogP contribution < -0.4 is 5.32 Å². The van der Waals surface area contributed by atoms with E-state index in [1.165, 1.54) is 6.07 Å². The van der Waals surface area contributed by atoms with E-state index in [0.717, 1.165) is 37.3 Å². The first-order chi connectivity index (χ1) is 12.6. The predicted octanol–water partition coefficient (Wildman–Crippen LogP) is 2.65. The lowest BCUT2D eigenvalue weighted by molar-refractivity contribution is -0.126. The maximum Gasteiger partial charge on any atom is 0.237 e. The normalized spacial score (nSPS) is 17.0. The number of halogens is 1. The minimum absolute atomic E-state index is 0.0522. The molecule has 1 heterocycles. The first kappa shape index (κ1) is 18.5. The summed E-state index contributed by atoms with van der Waals surface area (Å²) in [6, 6.07) is 16.7. The molecular formula is C21H26FN3O. The summed E-state index contributed by atoms with van der Waals surface area (Å²) in [4.78, 5) is 16.8. The minimum atomic E-state index is -0.158. The number of hydrogen-bond acceptors (Lipinski definition) is 3. The molecule has 0 radical (unpaired) electrons. The highest BCUT2D eigenvalue weighted by atomic mass is 19.1. The van der Waals surface area contributed by atoms with Crippen LogP contribution in [0.5, 0.6) is 0 Å². The van der Waals surface area contributed by atoms with Crippen molar-refractivity contribution < 1.29 is 9.18 Å². The third-order valence-corrected chi connectivity index (χ3v) is 5.00. The van der Waals surface area contributed by atoms with Crippen molar-refractivity contribution in [3.8, 4) is 0 Å². The molecule has 1 aliphatic rings. The molecule has 26 heavy (non-hydrogen) atoms. The Kier molecular flexibility index (Phi) is 6.36. The monoisotopic (exact) mass is 355 g/mol. The number of rotatable bonds is 6. The molecule has 1 N–H and O–H groups in total. The van der Waals surface area contributed by atoms with Crippen LogP contribution in [0, 0.1) is 5.82 Å². The summed E-state index contributed by atoms with van der Waals surface area (Å²) >= 11 is 0. The molecule has 0 aromatic heterocycles. The van der Waals surface area contributed by atoms with Crippen LogP contribution in [0.25, 0.3) is 0 Å². The molecule has 0 spiro atoms.